The highest BCUT2D eigenvalue weighted by atomic mass is 16.5. The summed E-state index contributed by atoms with van der Waals surface area (Å²) < 4.78 is 5.61. The van der Waals surface area contributed by atoms with Gasteiger partial charge in [0.15, 0.2) is 0 Å². The third-order valence-electron chi connectivity index (χ3n) is 2.25. The molecular weight excluding hydrogens is 174 g/mol. The summed E-state index contributed by atoms with van der Waals surface area (Å²) in [5.41, 5.74) is 1.27. The summed E-state index contributed by atoms with van der Waals surface area (Å²) in [6.45, 7) is 5.65. The van der Waals surface area contributed by atoms with Crippen LogP contribution in [0, 0.1) is 0 Å². The largest absolute Gasteiger partial charge is 0.375 e. The predicted octanol–water partition coefficient (Wildman–Crippen LogP) is 2.20. The summed E-state index contributed by atoms with van der Waals surface area (Å²) >= 11 is 0. The average Bonchev–Trinajstić information content (AvgIpc) is 2.19. The van der Waals surface area contributed by atoms with E-state index in [-0.39, 0.29) is 5.54 Å². The number of ether oxygens (including phenoxy) is 1. The number of rotatable bonds is 5. The molecule has 14 heavy (non-hydrogen) atoms. The van der Waals surface area contributed by atoms with Gasteiger partial charge in [0, 0.05) is 5.54 Å². The Morgan fingerprint density at radius 2 is 1.86 bits per heavy atom. The zero-order chi connectivity index (χ0) is 10.4. The van der Waals surface area contributed by atoms with Crippen molar-refractivity contribution in [2.24, 2.45) is 0 Å². The molecule has 0 aliphatic carbocycles. The van der Waals surface area contributed by atoms with Crippen molar-refractivity contribution in [2.75, 3.05) is 13.7 Å². The lowest BCUT2D eigenvalue weighted by molar-refractivity contribution is 0.0741. The Bertz CT molecular complexity index is 256. The third kappa shape index (κ3) is 3.90. The molecule has 0 spiro atoms. The highest BCUT2D eigenvalue weighted by Crippen LogP contribution is 2.05. The molecule has 0 heterocycles. The van der Waals surface area contributed by atoms with Crippen molar-refractivity contribution >= 4 is 0 Å². The zero-order valence-corrected chi connectivity index (χ0v) is 9.21. The van der Waals surface area contributed by atoms with E-state index < -0.39 is 0 Å². The molecule has 0 aromatic heterocycles. The molecule has 0 bridgehead atoms. The third-order valence-corrected chi connectivity index (χ3v) is 2.25. The molecule has 1 aromatic rings. The number of benzene rings is 1. The van der Waals surface area contributed by atoms with Crippen LogP contribution in [0.15, 0.2) is 30.3 Å². The van der Waals surface area contributed by atoms with Crippen molar-refractivity contribution in [1.29, 1.82) is 0 Å². The molecule has 2 nitrogen and oxygen atoms in total. The molecule has 0 saturated carbocycles. The molecule has 1 rings (SSSR count). The van der Waals surface area contributed by atoms with Gasteiger partial charge in [-0.2, -0.15) is 0 Å². The maximum absolute atomic E-state index is 5.61. The van der Waals surface area contributed by atoms with Crippen molar-refractivity contribution < 1.29 is 4.74 Å². The number of hydrogen-bond donors (Lipinski definition) is 1. The van der Waals surface area contributed by atoms with Gasteiger partial charge in [0.1, 0.15) is 0 Å². The van der Waals surface area contributed by atoms with Crippen LogP contribution in [0.5, 0.6) is 0 Å². The van der Waals surface area contributed by atoms with E-state index in [1.165, 1.54) is 5.56 Å². The van der Waals surface area contributed by atoms with Crippen LogP contribution in [0.1, 0.15) is 19.4 Å². The molecule has 1 N–H and O–H groups in total. The number of likely N-dealkylation sites (N-methyl/N-ethyl adjacent to an activating group) is 1. The highest BCUT2D eigenvalue weighted by Gasteiger charge is 2.13. The van der Waals surface area contributed by atoms with Gasteiger partial charge in [-0.05, 0) is 26.5 Å². The van der Waals surface area contributed by atoms with Crippen LogP contribution in [-0.4, -0.2) is 19.2 Å². The van der Waals surface area contributed by atoms with Crippen molar-refractivity contribution in [1.82, 2.24) is 5.32 Å². The molecule has 0 amide bonds. The molecule has 0 saturated heterocycles. The molecule has 0 aliphatic heterocycles. The summed E-state index contributed by atoms with van der Waals surface area (Å²) in [5.74, 6) is 0. The van der Waals surface area contributed by atoms with E-state index in [9.17, 15) is 0 Å². The first kappa shape index (κ1) is 11.2. The molecule has 1 aromatic carbocycles. The quantitative estimate of drug-likeness (QED) is 0.774. The monoisotopic (exact) mass is 193 g/mol. The second kappa shape index (κ2) is 5.13. The van der Waals surface area contributed by atoms with Gasteiger partial charge in [0.25, 0.3) is 0 Å². The van der Waals surface area contributed by atoms with Gasteiger partial charge in [0.2, 0.25) is 0 Å². The second-order valence-electron chi connectivity index (χ2n) is 4.11. The Balaban J connectivity index is 2.29. The van der Waals surface area contributed by atoms with Gasteiger partial charge in [-0.25, -0.2) is 0 Å². The average molecular weight is 193 g/mol. The first-order valence-corrected chi connectivity index (χ1v) is 4.95. The molecule has 0 atom stereocenters. The number of hydrogen-bond acceptors (Lipinski definition) is 2. The number of nitrogens with one attached hydrogen (secondary N) is 1. The highest BCUT2D eigenvalue weighted by molar-refractivity contribution is 5.13. The van der Waals surface area contributed by atoms with Crippen molar-refractivity contribution in [3.8, 4) is 0 Å². The van der Waals surface area contributed by atoms with E-state index in [4.69, 9.17) is 4.74 Å². The molecule has 0 aliphatic rings. The Morgan fingerprint density at radius 1 is 1.21 bits per heavy atom. The van der Waals surface area contributed by atoms with E-state index >= 15 is 0 Å². The minimum Gasteiger partial charge on any atom is -0.375 e. The van der Waals surface area contributed by atoms with Crippen LogP contribution in [0.2, 0.25) is 0 Å². The summed E-state index contributed by atoms with van der Waals surface area (Å²) in [7, 11) is 1.95. The lowest BCUT2D eigenvalue weighted by Crippen LogP contribution is -2.40. The minimum absolute atomic E-state index is 0.0504. The fourth-order valence-electron chi connectivity index (χ4n) is 1.07. The van der Waals surface area contributed by atoms with Crippen molar-refractivity contribution in [2.45, 2.75) is 26.0 Å². The molecule has 0 unspecified atom stereocenters. The lowest BCUT2D eigenvalue weighted by Gasteiger charge is -2.23. The Labute approximate surface area is 86.3 Å². The SMILES string of the molecule is CNC(C)(C)COCc1ccccc1. The second-order valence-corrected chi connectivity index (χ2v) is 4.11. The van der Waals surface area contributed by atoms with Crippen LogP contribution < -0.4 is 5.32 Å². The van der Waals surface area contributed by atoms with Gasteiger partial charge >= 0.3 is 0 Å². The Morgan fingerprint density at radius 3 is 2.43 bits per heavy atom. The van der Waals surface area contributed by atoms with Gasteiger partial charge in [-0.3, -0.25) is 0 Å². The molecule has 0 fully saturated rings. The molecule has 2 heteroatoms. The van der Waals surface area contributed by atoms with Crippen LogP contribution >= 0.6 is 0 Å². The standard InChI is InChI=1S/C12H19NO/c1-12(2,13-3)10-14-9-11-7-5-4-6-8-11/h4-8,13H,9-10H2,1-3H3. The van der Waals surface area contributed by atoms with Crippen molar-refractivity contribution in [3.63, 3.8) is 0 Å². The van der Waals surface area contributed by atoms with E-state index in [0.717, 1.165) is 6.61 Å². The molecular formula is C12H19NO. The lowest BCUT2D eigenvalue weighted by atomic mass is 10.1. The van der Waals surface area contributed by atoms with Gasteiger partial charge < -0.3 is 10.1 Å². The summed E-state index contributed by atoms with van der Waals surface area (Å²) in [4.78, 5) is 0. The van der Waals surface area contributed by atoms with E-state index in [1.807, 2.05) is 25.2 Å². The van der Waals surface area contributed by atoms with E-state index in [2.05, 4.69) is 31.3 Å². The minimum atomic E-state index is 0.0504. The van der Waals surface area contributed by atoms with Gasteiger partial charge in [0.05, 0.1) is 13.2 Å². The van der Waals surface area contributed by atoms with Gasteiger partial charge in [-0.15, -0.1) is 0 Å². The fraction of sp³-hybridized carbons (Fsp3) is 0.500. The first-order valence-electron chi connectivity index (χ1n) is 4.95. The van der Waals surface area contributed by atoms with Gasteiger partial charge in [-0.1, -0.05) is 30.3 Å². The Hall–Kier alpha value is -0.860. The van der Waals surface area contributed by atoms with Crippen LogP contribution in [0.3, 0.4) is 0 Å². The van der Waals surface area contributed by atoms with Crippen LogP contribution in [0.25, 0.3) is 0 Å². The van der Waals surface area contributed by atoms with Crippen molar-refractivity contribution in [3.05, 3.63) is 35.9 Å². The first-order chi connectivity index (χ1) is 6.64. The maximum atomic E-state index is 5.61. The Kier molecular flexibility index (Phi) is 4.11. The maximum Gasteiger partial charge on any atom is 0.0717 e. The predicted molar refractivity (Wildman–Crippen MR) is 59.2 cm³/mol. The molecule has 78 valence electrons. The topological polar surface area (TPSA) is 21.3 Å². The smallest absolute Gasteiger partial charge is 0.0717 e. The molecule has 0 radical (unpaired) electrons. The van der Waals surface area contributed by atoms with E-state index in [0.29, 0.717) is 6.61 Å². The fourth-order valence-corrected chi connectivity index (χ4v) is 1.07. The van der Waals surface area contributed by atoms with Crippen LogP contribution in [0.4, 0.5) is 0 Å². The van der Waals surface area contributed by atoms with E-state index in [1.54, 1.807) is 0 Å². The zero-order valence-electron chi connectivity index (χ0n) is 9.21. The normalized spacial score (nSPS) is 11.6. The van der Waals surface area contributed by atoms with Crippen LogP contribution in [-0.2, 0) is 11.3 Å². The summed E-state index contributed by atoms with van der Waals surface area (Å²) in [5, 5.41) is 3.20. The summed E-state index contributed by atoms with van der Waals surface area (Å²) in [6.07, 6.45) is 0. The summed E-state index contributed by atoms with van der Waals surface area (Å²) in [6, 6.07) is 10.2.